The average Bonchev–Trinajstić information content (AvgIpc) is 2.37. The SMILES string of the molecule is CCCC(O)CC(CC(O)CC(O)CC)OC(=O)CC(C)=O. The van der Waals surface area contributed by atoms with E-state index in [9.17, 15) is 24.9 Å². The van der Waals surface area contributed by atoms with Gasteiger partial charge >= 0.3 is 5.97 Å². The molecule has 0 aliphatic carbocycles. The fourth-order valence-electron chi connectivity index (χ4n) is 2.26. The number of Topliss-reactive ketones (excluding diaryl/α,β-unsaturated/α-hetero) is 1. The second-order valence-corrected chi connectivity index (χ2v) is 5.86. The van der Waals surface area contributed by atoms with Crippen LogP contribution in [0.1, 0.15) is 65.7 Å². The van der Waals surface area contributed by atoms with Crippen LogP contribution in [0.3, 0.4) is 0 Å². The van der Waals surface area contributed by atoms with Gasteiger partial charge in [0, 0.05) is 12.8 Å². The second kappa shape index (κ2) is 11.6. The Morgan fingerprint density at radius 2 is 1.55 bits per heavy atom. The Balaban J connectivity index is 4.56. The van der Waals surface area contributed by atoms with E-state index in [1.54, 1.807) is 0 Å². The Hall–Kier alpha value is -0.980. The molecule has 3 N–H and O–H groups in total. The maximum absolute atomic E-state index is 11.6. The van der Waals surface area contributed by atoms with E-state index in [2.05, 4.69) is 0 Å². The van der Waals surface area contributed by atoms with Crippen LogP contribution in [0.5, 0.6) is 0 Å². The van der Waals surface area contributed by atoms with E-state index in [0.29, 0.717) is 12.8 Å². The van der Waals surface area contributed by atoms with E-state index in [1.807, 2.05) is 13.8 Å². The van der Waals surface area contributed by atoms with Crippen molar-refractivity contribution >= 4 is 11.8 Å². The molecule has 0 rings (SSSR count). The predicted molar refractivity (Wildman–Crippen MR) is 82.2 cm³/mol. The number of hydrogen-bond donors (Lipinski definition) is 3. The third kappa shape index (κ3) is 10.7. The van der Waals surface area contributed by atoms with Crippen molar-refractivity contribution < 1.29 is 29.6 Å². The van der Waals surface area contributed by atoms with Crippen LogP contribution in [0.25, 0.3) is 0 Å². The Labute approximate surface area is 132 Å². The molecule has 6 heteroatoms. The zero-order valence-electron chi connectivity index (χ0n) is 13.8. The van der Waals surface area contributed by atoms with E-state index >= 15 is 0 Å². The van der Waals surface area contributed by atoms with Gasteiger partial charge in [0.05, 0.1) is 18.3 Å². The summed E-state index contributed by atoms with van der Waals surface area (Å²) in [5.74, 6) is -0.941. The van der Waals surface area contributed by atoms with Crippen LogP contribution in [0.4, 0.5) is 0 Å². The molecule has 130 valence electrons. The molecule has 4 atom stereocenters. The molecule has 22 heavy (non-hydrogen) atoms. The summed E-state index contributed by atoms with van der Waals surface area (Å²) in [5.41, 5.74) is 0. The van der Waals surface area contributed by atoms with Gasteiger partial charge < -0.3 is 20.1 Å². The first-order valence-corrected chi connectivity index (χ1v) is 8.01. The fourth-order valence-corrected chi connectivity index (χ4v) is 2.26. The molecule has 0 aromatic heterocycles. The Morgan fingerprint density at radius 3 is 2.05 bits per heavy atom. The summed E-state index contributed by atoms with van der Waals surface area (Å²) in [4.78, 5) is 22.5. The van der Waals surface area contributed by atoms with Crippen LogP contribution in [0.2, 0.25) is 0 Å². The van der Waals surface area contributed by atoms with Crippen molar-refractivity contribution in [2.45, 2.75) is 90.1 Å². The third-order valence-corrected chi connectivity index (χ3v) is 3.40. The first-order chi connectivity index (χ1) is 10.3. The summed E-state index contributed by atoms with van der Waals surface area (Å²) in [7, 11) is 0. The van der Waals surface area contributed by atoms with E-state index in [-0.39, 0.29) is 31.5 Å². The molecule has 0 saturated carbocycles. The molecule has 0 aromatic rings. The van der Waals surface area contributed by atoms with E-state index in [1.165, 1.54) is 6.92 Å². The summed E-state index contributed by atoms with van der Waals surface area (Å²) < 4.78 is 5.20. The summed E-state index contributed by atoms with van der Waals surface area (Å²) in [6, 6.07) is 0. The molecule has 0 amide bonds. The number of carbonyl (C=O) groups is 2. The normalized spacial score (nSPS) is 16.6. The highest BCUT2D eigenvalue weighted by Gasteiger charge is 2.23. The van der Waals surface area contributed by atoms with Crippen LogP contribution in [0, 0.1) is 0 Å². The number of hydrogen-bond acceptors (Lipinski definition) is 6. The lowest BCUT2D eigenvalue weighted by Crippen LogP contribution is -2.30. The van der Waals surface area contributed by atoms with Gasteiger partial charge in [-0.2, -0.15) is 0 Å². The molecule has 0 spiro atoms. The van der Waals surface area contributed by atoms with Crippen molar-refractivity contribution in [1.82, 2.24) is 0 Å². The number of esters is 1. The van der Waals surface area contributed by atoms with Gasteiger partial charge in [0.1, 0.15) is 18.3 Å². The van der Waals surface area contributed by atoms with Crippen molar-refractivity contribution in [3.8, 4) is 0 Å². The largest absolute Gasteiger partial charge is 0.462 e. The van der Waals surface area contributed by atoms with Gasteiger partial charge in [-0.3, -0.25) is 9.59 Å². The van der Waals surface area contributed by atoms with Crippen molar-refractivity contribution in [3.63, 3.8) is 0 Å². The lowest BCUT2D eigenvalue weighted by molar-refractivity contribution is -0.153. The number of rotatable bonds is 12. The third-order valence-electron chi connectivity index (χ3n) is 3.40. The summed E-state index contributed by atoms with van der Waals surface area (Å²) in [5, 5.41) is 29.4. The van der Waals surface area contributed by atoms with Crippen LogP contribution < -0.4 is 0 Å². The molecule has 0 saturated heterocycles. The predicted octanol–water partition coefficient (Wildman–Crippen LogP) is 1.34. The van der Waals surface area contributed by atoms with Crippen molar-refractivity contribution in [1.29, 1.82) is 0 Å². The minimum absolute atomic E-state index is 0.140. The highest BCUT2D eigenvalue weighted by atomic mass is 16.5. The first-order valence-electron chi connectivity index (χ1n) is 8.01. The molecule has 0 bridgehead atoms. The van der Waals surface area contributed by atoms with Gasteiger partial charge in [-0.15, -0.1) is 0 Å². The molecule has 4 unspecified atom stereocenters. The number of ketones is 1. The van der Waals surface area contributed by atoms with Gasteiger partial charge in [-0.25, -0.2) is 0 Å². The highest BCUT2D eigenvalue weighted by Crippen LogP contribution is 2.17. The Kier molecular flexibility index (Phi) is 11.1. The Bertz CT molecular complexity index is 331. The first kappa shape index (κ1) is 21.0. The van der Waals surface area contributed by atoms with Gasteiger partial charge in [-0.05, 0) is 26.2 Å². The average molecular weight is 318 g/mol. The number of aliphatic hydroxyl groups excluding tert-OH is 3. The molecular formula is C16H30O6. The van der Waals surface area contributed by atoms with Crippen molar-refractivity contribution in [2.75, 3.05) is 0 Å². The van der Waals surface area contributed by atoms with E-state index < -0.39 is 30.4 Å². The monoisotopic (exact) mass is 318 g/mol. The fraction of sp³-hybridized carbons (Fsp3) is 0.875. The smallest absolute Gasteiger partial charge is 0.313 e. The van der Waals surface area contributed by atoms with Gasteiger partial charge in [0.25, 0.3) is 0 Å². The number of carbonyl (C=O) groups excluding carboxylic acids is 2. The lowest BCUT2D eigenvalue weighted by Gasteiger charge is -2.24. The molecule has 6 nitrogen and oxygen atoms in total. The number of ether oxygens (including phenoxy) is 1. The Morgan fingerprint density at radius 1 is 0.955 bits per heavy atom. The second-order valence-electron chi connectivity index (χ2n) is 5.86. The quantitative estimate of drug-likeness (QED) is 0.370. The van der Waals surface area contributed by atoms with Crippen LogP contribution in [0.15, 0.2) is 0 Å². The van der Waals surface area contributed by atoms with E-state index in [4.69, 9.17) is 4.74 Å². The summed E-state index contributed by atoms with van der Waals surface area (Å²) >= 11 is 0. The highest BCUT2D eigenvalue weighted by molar-refractivity contribution is 5.94. The molecule has 0 fully saturated rings. The zero-order valence-corrected chi connectivity index (χ0v) is 13.8. The molecule has 0 heterocycles. The number of aliphatic hydroxyl groups is 3. The topological polar surface area (TPSA) is 104 Å². The van der Waals surface area contributed by atoms with Crippen molar-refractivity contribution in [3.05, 3.63) is 0 Å². The zero-order chi connectivity index (χ0) is 17.1. The standard InChI is InChI=1S/C16H30O6/c1-4-6-13(19)9-15(22-16(21)7-11(3)17)10-14(20)8-12(18)5-2/h12-15,18-20H,4-10H2,1-3H3. The summed E-state index contributed by atoms with van der Waals surface area (Å²) in [6.07, 6.45) is -0.558. The minimum atomic E-state index is -0.820. The minimum Gasteiger partial charge on any atom is -0.462 e. The lowest BCUT2D eigenvalue weighted by atomic mass is 9.99. The molecule has 0 aromatic carbocycles. The van der Waals surface area contributed by atoms with Gasteiger partial charge in [0.15, 0.2) is 0 Å². The van der Waals surface area contributed by atoms with Crippen molar-refractivity contribution in [2.24, 2.45) is 0 Å². The van der Waals surface area contributed by atoms with E-state index in [0.717, 1.165) is 6.42 Å². The van der Waals surface area contributed by atoms with Crippen LogP contribution in [-0.2, 0) is 14.3 Å². The van der Waals surface area contributed by atoms with Crippen LogP contribution in [-0.4, -0.2) is 51.5 Å². The molecule has 0 radical (unpaired) electrons. The summed E-state index contributed by atoms with van der Waals surface area (Å²) in [6.45, 7) is 5.05. The van der Waals surface area contributed by atoms with Gasteiger partial charge in [-0.1, -0.05) is 20.3 Å². The maximum atomic E-state index is 11.6. The molecule has 0 aliphatic rings. The molecule has 0 aliphatic heterocycles. The van der Waals surface area contributed by atoms with Crippen LogP contribution >= 0.6 is 0 Å². The molecular weight excluding hydrogens is 288 g/mol. The van der Waals surface area contributed by atoms with Gasteiger partial charge in [0.2, 0.25) is 0 Å². The maximum Gasteiger partial charge on any atom is 0.313 e.